The van der Waals surface area contributed by atoms with Crippen LogP contribution in [0.3, 0.4) is 0 Å². The van der Waals surface area contributed by atoms with Gasteiger partial charge in [0.25, 0.3) is 11.5 Å². The number of amides is 1. The molecule has 0 saturated heterocycles. The van der Waals surface area contributed by atoms with Gasteiger partial charge in [0.1, 0.15) is 10.7 Å². The number of benzene rings is 1. The maximum Gasteiger partial charge on any atom is 0.268 e. The number of thiophene rings is 1. The van der Waals surface area contributed by atoms with Crippen molar-refractivity contribution in [2.45, 2.75) is 58.4 Å². The SMILES string of the molecule is Cc1c(C(=O)N2CCC(C)c3ccccc32)sc2nc3n(c(=O)c12)CCCCC3. The molecule has 2 aliphatic heterocycles. The fourth-order valence-corrected chi connectivity index (χ4v) is 5.84. The molecule has 1 amide bonds. The van der Waals surface area contributed by atoms with Gasteiger partial charge in [0.05, 0.1) is 10.3 Å². The van der Waals surface area contributed by atoms with Gasteiger partial charge in [-0.3, -0.25) is 14.2 Å². The van der Waals surface area contributed by atoms with E-state index in [0.717, 1.165) is 55.7 Å². The van der Waals surface area contributed by atoms with Crippen LogP contribution in [0, 0.1) is 6.92 Å². The highest BCUT2D eigenvalue weighted by molar-refractivity contribution is 7.20. The summed E-state index contributed by atoms with van der Waals surface area (Å²) in [6, 6.07) is 8.16. The second kappa shape index (κ2) is 7.10. The lowest BCUT2D eigenvalue weighted by molar-refractivity contribution is 0.0988. The summed E-state index contributed by atoms with van der Waals surface area (Å²) in [5.41, 5.74) is 3.01. The minimum absolute atomic E-state index is 0.00977. The lowest BCUT2D eigenvalue weighted by atomic mass is 9.91. The minimum atomic E-state index is -0.00977. The van der Waals surface area contributed by atoms with Gasteiger partial charge in [-0.05, 0) is 49.3 Å². The van der Waals surface area contributed by atoms with E-state index in [0.29, 0.717) is 27.6 Å². The molecule has 0 saturated carbocycles. The Kier molecular flexibility index (Phi) is 4.54. The topological polar surface area (TPSA) is 55.2 Å². The summed E-state index contributed by atoms with van der Waals surface area (Å²) >= 11 is 1.38. The predicted molar refractivity (Wildman–Crippen MR) is 117 cm³/mol. The lowest BCUT2D eigenvalue weighted by Crippen LogP contribution is -2.36. The van der Waals surface area contributed by atoms with Crippen molar-refractivity contribution in [1.29, 1.82) is 0 Å². The number of hydrogen-bond donors (Lipinski definition) is 0. The summed E-state index contributed by atoms with van der Waals surface area (Å²) in [7, 11) is 0. The molecular weight excluding hydrogens is 382 g/mol. The van der Waals surface area contributed by atoms with E-state index in [1.807, 2.05) is 34.6 Å². The minimum Gasteiger partial charge on any atom is -0.307 e. The van der Waals surface area contributed by atoms with Gasteiger partial charge in [0, 0.05) is 25.2 Å². The molecule has 0 radical (unpaired) electrons. The number of rotatable bonds is 1. The third kappa shape index (κ3) is 2.92. The molecule has 29 heavy (non-hydrogen) atoms. The van der Waals surface area contributed by atoms with E-state index < -0.39 is 0 Å². The summed E-state index contributed by atoms with van der Waals surface area (Å²) in [5.74, 6) is 1.31. The number of nitrogens with zero attached hydrogens (tertiary/aromatic N) is 3. The van der Waals surface area contributed by atoms with Crippen LogP contribution in [-0.4, -0.2) is 22.0 Å². The average Bonchev–Trinajstić information content (AvgIpc) is 2.89. The van der Waals surface area contributed by atoms with Gasteiger partial charge in [0.2, 0.25) is 0 Å². The first kappa shape index (κ1) is 18.6. The smallest absolute Gasteiger partial charge is 0.268 e. The number of carbonyl (C=O) groups is 1. The molecule has 0 fully saturated rings. The summed E-state index contributed by atoms with van der Waals surface area (Å²) in [6.07, 6.45) is 4.99. The van der Waals surface area contributed by atoms with Crippen LogP contribution in [0.2, 0.25) is 0 Å². The number of anilines is 1. The maximum atomic E-state index is 13.5. The van der Waals surface area contributed by atoms with Crippen LogP contribution in [0.25, 0.3) is 10.2 Å². The molecule has 1 atom stereocenters. The standard InChI is InChI=1S/C23H25N3O2S/c1-14-11-13-25(17-9-6-5-8-16(14)17)23(28)20-15(2)19-21(29-20)24-18-10-4-3-7-12-26(18)22(19)27/h5-6,8-9,14H,3-4,7,10-13H2,1-2H3. The van der Waals surface area contributed by atoms with Crippen molar-refractivity contribution < 1.29 is 4.79 Å². The van der Waals surface area contributed by atoms with Crippen molar-refractivity contribution in [2.75, 3.05) is 11.4 Å². The molecule has 5 rings (SSSR count). The molecule has 6 heteroatoms. The van der Waals surface area contributed by atoms with Gasteiger partial charge in [-0.2, -0.15) is 0 Å². The first-order chi connectivity index (χ1) is 14.1. The third-order valence-electron chi connectivity index (χ3n) is 6.40. The number of carbonyl (C=O) groups excluding carboxylic acids is 1. The van der Waals surface area contributed by atoms with Gasteiger partial charge < -0.3 is 4.90 Å². The van der Waals surface area contributed by atoms with Gasteiger partial charge >= 0.3 is 0 Å². The molecule has 0 spiro atoms. The highest BCUT2D eigenvalue weighted by Crippen LogP contribution is 2.37. The molecule has 5 nitrogen and oxygen atoms in total. The van der Waals surface area contributed by atoms with Gasteiger partial charge in [-0.15, -0.1) is 11.3 Å². The van der Waals surface area contributed by atoms with Crippen LogP contribution in [-0.2, 0) is 13.0 Å². The van der Waals surface area contributed by atoms with Gasteiger partial charge in [-0.25, -0.2) is 4.98 Å². The molecule has 2 aromatic heterocycles. The van der Waals surface area contributed by atoms with Crippen LogP contribution in [0.15, 0.2) is 29.1 Å². The number of aryl methyl sites for hydroxylation is 2. The number of aromatic nitrogens is 2. The largest absolute Gasteiger partial charge is 0.307 e. The molecule has 1 aromatic carbocycles. The molecule has 0 N–H and O–H groups in total. The van der Waals surface area contributed by atoms with Crippen LogP contribution in [0.1, 0.15) is 65.1 Å². The van der Waals surface area contributed by atoms with E-state index in [1.165, 1.54) is 16.9 Å². The van der Waals surface area contributed by atoms with Crippen LogP contribution in [0.5, 0.6) is 0 Å². The Hall–Kier alpha value is -2.47. The Morgan fingerprint density at radius 2 is 2.00 bits per heavy atom. The van der Waals surface area contributed by atoms with E-state index in [4.69, 9.17) is 4.98 Å². The lowest BCUT2D eigenvalue weighted by Gasteiger charge is -2.32. The van der Waals surface area contributed by atoms with Crippen LogP contribution in [0.4, 0.5) is 5.69 Å². The Morgan fingerprint density at radius 3 is 2.86 bits per heavy atom. The quantitative estimate of drug-likeness (QED) is 0.590. The Balaban J connectivity index is 1.62. The van der Waals surface area contributed by atoms with Crippen molar-refractivity contribution in [2.24, 2.45) is 0 Å². The van der Waals surface area contributed by atoms with Crippen LogP contribution < -0.4 is 10.5 Å². The van der Waals surface area contributed by atoms with Gasteiger partial charge in [0.15, 0.2) is 0 Å². The van der Waals surface area contributed by atoms with Gasteiger partial charge in [-0.1, -0.05) is 31.5 Å². The number of para-hydroxylation sites is 1. The molecule has 0 aliphatic carbocycles. The molecule has 0 bridgehead atoms. The number of fused-ring (bicyclic) bond motifs is 3. The van der Waals surface area contributed by atoms with Crippen molar-refractivity contribution in [1.82, 2.24) is 9.55 Å². The highest BCUT2D eigenvalue weighted by Gasteiger charge is 2.30. The van der Waals surface area contributed by atoms with E-state index in [9.17, 15) is 9.59 Å². The van der Waals surface area contributed by atoms with Crippen molar-refractivity contribution in [3.05, 3.63) is 56.4 Å². The van der Waals surface area contributed by atoms with E-state index >= 15 is 0 Å². The van der Waals surface area contributed by atoms with Crippen molar-refractivity contribution in [3.8, 4) is 0 Å². The van der Waals surface area contributed by atoms with E-state index in [-0.39, 0.29) is 11.5 Å². The van der Waals surface area contributed by atoms with Crippen LogP contribution >= 0.6 is 11.3 Å². The zero-order chi connectivity index (χ0) is 20.1. The Morgan fingerprint density at radius 1 is 1.17 bits per heavy atom. The first-order valence-electron chi connectivity index (χ1n) is 10.5. The summed E-state index contributed by atoms with van der Waals surface area (Å²) in [5, 5.41) is 0.627. The zero-order valence-electron chi connectivity index (χ0n) is 16.9. The monoisotopic (exact) mass is 407 g/mol. The van der Waals surface area contributed by atoms with Crippen molar-refractivity contribution >= 4 is 33.1 Å². The summed E-state index contributed by atoms with van der Waals surface area (Å²) in [6.45, 7) is 5.54. The maximum absolute atomic E-state index is 13.5. The van der Waals surface area contributed by atoms with Crippen molar-refractivity contribution in [3.63, 3.8) is 0 Å². The normalized spacial score (nSPS) is 19.0. The molecule has 1 unspecified atom stereocenters. The molecule has 150 valence electrons. The molecule has 2 aliphatic rings. The Bertz CT molecular complexity index is 1180. The molecule has 4 heterocycles. The van der Waals surface area contributed by atoms with E-state index in [2.05, 4.69) is 13.0 Å². The second-order valence-corrected chi connectivity index (χ2v) is 9.24. The summed E-state index contributed by atoms with van der Waals surface area (Å²) < 4.78 is 1.83. The first-order valence-corrected chi connectivity index (χ1v) is 11.3. The fraction of sp³-hybridized carbons (Fsp3) is 0.435. The second-order valence-electron chi connectivity index (χ2n) is 8.24. The summed E-state index contributed by atoms with van der Waals surface area (Å²) in [4.78, 5) is 34.8. The third-order valence-corrected chi connectivity index (χ3v) is 7.57. The molecular formula is C23H25N3O2S. The fourth-order valence-electron chi connectivity index (χ4n) is 4.70. The van der Waals surface area contributed by atoms with E-state index in [1.54, 1.807) is 0 Å². The molecule has 3 aromatic rings. The highest BCUT2D eigenvalue weighted by atomic mass is 32.1. The predicted octanol–water partition coefficient (Wildman–Crippen LogP) is 4.65. The zero-order valence-corrected chi connectivity index (χ0v) is 17.7. The number of hydrogen-bond acceptors (Lipinski definition) is 4. The average molecular weight is 408 g/mol. The Labute approximate surface area is 174 Å².